The molecule has 1 atom stereocenters. The van der Waals surface area contributed by atoms with Gasteiger partial charge in [-0.3, -0.25) is 4.68 Å². The summed E-state index contributed by atoms with van der Waals surface area (Å²) in [6.07, 6.45) is 2.87. The van der Waals surface area contributed by atoms with Crippen molar-refractivity contribution in [3.05, 3.63) is 42.2 Å². The zero-order valence-electron chi connectivity index (χ0n) is 10.3. The number of halogens is 1. The van der Waals surface area contributed by atoms with Crippen molar-refractivity contribution in [1.82, 2.24) is 15.0 Å². The Kier molecular flexibility index (Phi) is 4.75. The first kappa shape index (κ1) is 13.1. The fourth-order valence-electron chi connectivity index (χ4n) is 1.54. The maximum atomic E-state index is 5.61. The minimum atomic E-state index is 0.242. The van der Waals surface area contributed by atoms with Crippen LogP contribution >= 0.6 is 15.9 Å². The maximum Gasteiger partial charge on any atom is 0.119 e. The van der Waals surface area contributed by atoms with Crippen molar-refractivity contribution in [2.75, 3.05) is 6.61 Å². The lowest BCUT2D eigenvalue weighted by Crippen LogP contribution is -2.05. The van der Waals surface area contributed by atoms with Gasteiger partial charge in [0.25, 0.3) is 0 Å². The molecule has 0 fully saturated rings. The Morgan fingerprint density at radius 2 is 2.11 bits per heavy atom. The fourth-order valence-corrected chi connectivity index (χ4v) is 1.75. The summed E-state index contributed by atoms with van der Waals surface area (Å²) in [5, 5.41) is 8.14. The number of hydrogen-bond acceptors (Lipinski definition) is 3. The van der Waals surface area contributed by atoms with Crippen molar-refractivity contribution in [1.29, 1.82) is 0 Å². The first-order valence-corrected chi connectivity index (χ1v) is 6.89. The molecular weight excluding hydrogens is 294 g/mol. The van der Waals surface area contributed by atoms with Crippen LogP contribution < -0.4 is 4.74 Å². The highest BCUT2D eigenvalue weighted by molar-refractivity contribution is 9.09. The molecule has 4 nitrogen and oxygen atoms in total. The summed E-state index contributed by atoms with van der Waals surface area (Å²) in [4.78, 5) is 0.242. The number of nitrogens with zero attached hydrogens (tertiary/aromatic N) is 3. The van der Waals surface area contributed by atoms with Gasteiger partial charge in [-0.1, -0.05) is 39.3 Å². The van der Waals surface area contributed by atoms with Gasteiger partial charge in [0.2, 0.25) is 0 Å². The van der Waals surface area contributed by atoms with E-state index in [-0.39, 0.29) is 4.83 Å². The predicted octanol–water partition coefficient (Wildman–Crippen LogP) is 3.20. The van der Waals surface area contributed by atoms with Gasteiger partial charge in [0, 0.05) is 19.2 Å². The Balaban J connectivity index is 1.72. The number of aromatic nitrogens is 3. The molecule has 0 aliphatic carbocycles. The Labute approximate surface area is 115 Å². The van der Waals surface area contributed by atoms with E-state index in [1.54, 1.807) is 0 Å². The van der Waals surface area contributed by atoms with Gasteiger partial charge >= 0.3 is 0 Å². The molecule has 1 unspecified atom stereocenters. The third kappa shape index (κ3) is 3.84. The molecule has 2 rings (SSSR count). The average molecular weight is 310 g/mol. The average Bonchev–Trinajstić information content (AvgIpc) is 2.85. The summed E-state index contributed by atoms with van der Waals surface area (Å²) in [7, 11) is 0. The fraction of sp³-hybridized carbons (Fsp3) is 0.385. The normalized spacial score (nSPS) is 12.3. The molecule has 2 aromatic rings. The monoisotopic (exact) mass is 309 g/mol. The van der Waals surface area contributed by atoms with Crippen molar-refractivity contribution < 1.29 is 4.74 Å². The lowest BCUT2D eigenvalue weighted by molar-refractivity contribution is 0.298. The molecule has 0 saturated carbocycles. The maximum absolute atomic E-state index is 5.61. The summed E-state index contributed by atoms with van der Waals surface area (Å²) in [6.45, 7) is 3.54. The van der Waals surface area contributed by atoms with Crippen LogP contribution in [0.1, 0.15) is 23.9 Å². The van der Waals surface area contributed by atoms with Gasteiger partial charge in [0.1, 0.15) is 5.75 Å². The van der Waals surface area contributed by atoms with Gasteiger partial charge < -0.3 is 4.74 Å². The number of aryl methyl sites for hydroxylation is 1. The zero-order chi connectivity index (χ0) is 12.8. The molecule has 0 saturated heterocycles. The Hall–Kier alpha value is -1.36. The van der Waals surface area contributed by atoms with Crippen LogP contribution in [0, 0.1) is 0 Å². The van der Waals surface area contributed by atoms with Gasteiger partial charge in [-0.25, -0.2) is 0 Å². The number of benzene rings is 1. The summed E-state index contributed by atoms with van der Waals surface area (Å²) in [5.41, 5.74) is 0.957. The minimum Gasteiger partial charge on any atom is -0.494 e. The van der Waals surface area contributed by atoms with E-state index < -0.39 is 0 Å². The van der Waals surface area contributed by atoms with Crippen LogP contribution in [0.5, 0.6) is 5.75 Å². The van der Waals surface area contributed by atoms with Crippen molar-refractivity contribution in [3.8, 4) is 5.75 Å². The smallest absolute Gasteiger partial charge is 0.119 e. The van der Waals surface area contributed by atoms with Crippen molar-refractivity contribution in [3.63, 3.8) is 0 Å². The second kappa shape index (κ2) is 6.54. The third-order valence-corrected chi connectivity index (χ3v) is 2.98. The summed E-state index contributed by atoms with van der Waals surface area (Å²) >= 11 is 3.47. The molecule has 0 radical (unpaired) electrons. The standard InChI is InChI=1S/C13H16BrN3O/c1-11(14)13-10-17(16-15-13)8-5-9-18-12-6-3-2-4-7-12/h2-4,6-7,10-11H,5,8-9H2,1H3. The molecule has 0 N–H and O–H groups in total. The molecule has 1 aromatic heterocycles. The molecule has 0 aliphatic heterocycles. The Morgan fingerprint density at radius 3 is 2.78 bits per heavy atom. The first-order chi connectivity index (χ1) is 8.75. The molecular formula is C13H16BrN3O. The van der Waals surface area contributed by atoms with Crippen molar-refractivity contribution in [2.24, 2.45) is 0 Å². The van der Waals surface area contributed by atoms with E-state index in [0.29, 0.717) is 6.61 Å². The van der Waals surface area contributed by atoms with Crippen LogP contribution in [0.2, 0.25) is 0 Å². The van der Waals surface area contributed by atoms with Gasteiger partial charge in [0.15, 0.2) is 0 Å². The number of hydrogen-bond donors (Lipinski definition) is 0. The summed E-state index contributed by atoms with van der Waals surface area (Å²) < 4.78 is 7.46. The van der Waals surface area contributed by atoms with Crippen molar-refractivity contribution >= 4 is 15.9 Å². The quantitative estimate of drug-likeness (QED) is 0.607. The van der Waals surface area contributed by atoms with Crippen LogP contribution in [0.15, 0.2) is 36.5 Å². The largest absolute Gasteiger partial charge is 0.494 e. The number of rotatable bonds is 6. The van der Waals surface area contributed by atoms with Crippen LogP contribution in [0.4, 0.5) is 0 Å². The SMILES string of the molecule is CC(Br)c1cn(CCCOc2ccccc2)nn1. The summed E-state index contributed by atoms with van der Waals surface area (Å²) in [6, 6.07) is 9.83. The van der Waals surface area contributed by atoms with Gasteiger partial charge in [-0.2, -0.15) is 0 Å². The first-order valence-electron chi connectivity index (χ1n) is 5.97. The molecule has 0 bridgehead atoms. The van der Waals surface area contributed by atoms with E-state index in [2.05, 4.69) is 26.2 Å². The lowest BCUT2D eigenvalue weighted by Gasteiger charge is -2.05. The number of ether oxygens (including phenoxy) is 1. The lowest BCUT2D eigenvalue weighted by atomic mass is 10.3. The highest BCUT2D eigenvalue weighted by Crippen LogP contribution is 2.18. The second-order valence-corrected chi connectivity index (χ2v) is 5.41. The van der Waals surface area contributed by atoms with Crippen molar-refractivity contribution in [2.45, 2.75) is 24.7 Å². The van der Waals surface area contributed by atoms with E-state index in [1.807, 2.05) is 48.1 Å². The topological polar surface area (TPSA) is 39.9 Å². The zero-order valence-corrected chi connectivity index (χ0v) is 11.9. The minimum absolute atomic E-state index is 0.242. The van der Waals surface area contributed by atoms with E-state index in [9.17, 15) is 0 Å². The molecule has 0 aliphatic rings. The van der Waals surface area contributed by atoms with Crippen LogP contribution in [0.3, 0.4) is 0 Å². The molecule has 1 heterocycles. The highest BCUT2D eigenvalue weighted by Gasteiger charge is 2.05. The van der Waals surface area contributed by atoms with Gasteiger partial charge in [0.05, 0.1) is 17.1 Å². The Bertz CT molecular complexity index is 470. The molecule has 0 amide bonds. The second-order valence-electron chi connectivity index (χ2n) is 4.04. The molecule has 96 valence electrons. The van der Waals surface area contributed by atoms with Crippen LogP contribution in [-0.2, 0) is 6.54 Å². The highest BCUT2D eigenvalue weighted by atomic mass is 79.9. The van der Waals surface area contributed by atoms with E-state index in [1.165, 1.54) is 0 Å². The number of para-hydroxylation sites is 1. The molecule has 5 heteroatoms. The summed E-state index contributed by atoms with van der Waals surface area (Å²) in [5.74, 6) is 0.908. The predicted molar refractivity (Wildman–Crippen MR) is 73.9 cm³/mol. The van der Waals surface area contributed by atoms with Crippen LogP contribution in [0.25, 0.3) is 0 Å². The Morgan fingerprint density at radius 1 is 1.33 bits per heavy atom. The van der Waals surface area contributed by atoms with Crippen LogP contribution in [-0.4, -0.2) is 21.6 Å². The van der Waals surface area contributed by atoms with Gasteiger partial charge in [-0.05, 0) is 19.1 Å². The molecule has 0 spiro atoms. The van der Waals surface area contributed by atoms with Gasteiger partial charge in [-0.15, -0.1) is 5.10 Å². The van der Waals surface area contributed by atoms with E-state index >= 15 is 0 Å². The molecule has 1 aromatic carbocycles. The van der Waals surface area contributed by atoms with E-state index in [0.717, 1.165) is 24.4 Å². The van der Waals surface area contributed by atoms with E-state index in [4.69, 9.17) is 4.74 Å². The molecule has 18 heavy (non-hydrogen) atoms. The number of alkyl halides is 1. The third-order valence-electron chi connectivity index (χ3n) is 2.51.